The van der Waals surface area contributed by atoms with Crippen molar-refractivity contribution in [2.45, 2.75) is 39.2 Å². The highest BCUT2D eigenvalue weighted by molar-refractivity contribution is 5.79. The number of rotatable bonds is 9. The van der Waals surface area contributed by atoms with Crippen molar-refractivity contribution in [1.82, 2.24) is 5.32 Å². The van der Waals surface area contributed by atoms with Crippen LogP contribution in [0, 0.1) is 0 Å². The Bertz CT molecular complexity index is 636. The summed E-state index contributed by atoms with van der Waals surface area (Å²) in [6.07, 6.45) is 2.24. The van der Waals surface area contributed by atoms with E-state index in [4.69, 9.17) is 14.7 Å². The molecule has 0 unspecified atom stereocenters. The fourth-order valence-corrected chi connectivity index (χ4v) is 2.39. The molecule has 8 heteroatoms. The third kappa shape index (κ3) is 7.78. The van der Waals surface area contributed by atoms with Gasteiger partial charge < -0.3 is 20.0 Å². The number of nitrogens with zero attached hydrogens (tertiary/aromatic N) is 1. The molecule has 0 atom stereocenters. The molecule has 0 aromatic heterocycles. The Morgan fingerprint density at radius 2 is 1.62 bits per heavy atom. The van der Waals surface area contributed by atoms with Crippen molar-refractivity contribution in [3.05, 3.63) is 35.4 Å². The monoisotopic (exact) mass is 364 g/mol. The molecule has 0 aliphatic heterocycles. The van der Waals surface area contributed by atoms with Gasteiger partial charge in [0.1, 0.15) is 18.8 Å². The van der Waals surface area contributed by atoms with Crippen molar-refractivity contribution < 1.29 is 29.1 Å². The molecular weight excluding hydrogens is 340 g/mol. The van der Waals surface area contributed by atoms with E-state index in [-0.39, 0.29) is 19.1 Å². The Labute approximate surface area is 152 Å². The maximum Gasteiger partial charge on any atom is 0.302 e. The van der Waals surface area contributed by atoms with E-state index in [2.05, 4.69) is 10.5 Å². The van der Waals surface area contributed by atoms with Gasteiger partial charge >= 0.3 is 11.9 Å². The Kier molecular flexibility index (Phi) is 8.27. The summed E-state index contributed by atoms with van der Waals surface area (Å²) in [4.78, 5) is 34.1. The van der Waals surface area contributed by atoms with E-state index in [1.54, 1.807) is 12.1 Å². The van der Waals surface area contributed by atoms with Crippen molar-refractivity contribution in [3.63, 3.8) is 0 Å². The molecule has 0 bridgehead atoms. The summed E-state index contributed by atoms with van der Waals surface area (Å²) in [5, 5.41) is 14.3. The van der Waals surface area contributed by atoms with E-state index < -0.39 is 17.5 Å². The number of carbonyl (C=O) groups is 3. The third-order valence-corrected chi connectivity index (χ3v) is 3.62. The second-order valence-electron chi connectivity index (χ2n) is 6.01. The SMILES string of the molecule is CC(=O)NC(CCc1ccc(/C=N\O)cc1)(COC(C)=O)COC(C)=O. The molecule has 0 heterocycles. The molecule has 0 aliphatic rings. The predicted octanol–water partition coefficient (Wildman–Crippen LogP) is 1.43. The lowest BCUT2D eigenvalue weighted by atomic mass is 9.92. The molecular formula is C18H24N2O6. The van der Waals surface area contributed by atoms with Gasteiger partial charge in [0.2, 0.25) is 5.91 Å². The second-order valence-corrected chi connectivity index (χ2v) is 6.01. The Morgan fingerprint density at radius 1 is 1.08 bits per heavy atom. The van der Waals surface area contributed by atoms with Crippen molar-refractivity contribution in [3.8, 4) is 0 Å². The molecule has 142 valence electrons. The number of nitrogens with one attached hydrogen (secondary N) is 1. The summed E-state index contributed by atoms with van der Waals surface area (Å²) >= 11 is 0. The molecule has 26 heavy (non-hydrogen) atoms. The summed E-state index contributed by atoms with van der Waals surface area (Å²) in [6.45, 7) is 3.67. The van der Waals surface area contributed by atoms with Gasteiger partial charge in [-0.3, -0.25) is 14.4 Å². The molecule has 0 fully saturated rings. The second kappa shape index (κ2) is 10.2. The van der Waals surface area contributed by atoms with Gasteiger partial charge in [-0.1, -0.05) is 29.4 Å². The fraction of sp³-hybridized carbons (Fsp3) is 0.444. The molecule has 1 rings (SSSR count). The van der Waals surface area contributed by atoms with Gasteiger partial charge in [0.15, 0.2) is 0 Å². The van der Waals surface area contributed by atoms with Crippen LogP contribution >= 0.6 is 0 Å². The lowest BCUT2D eigenvalue weighted by Gasteiger charge is -2.33. The first kappa shape index (κ1) is 21.1. The van der Waals surface area contributed by atoms with Crippen LogP contribution in [-0.2, 0) is 30.3 Å². The number of ether oxygens (including phenoxy) is 2. The molecule has 8 nitrogen and oxygen atoms in total. The Balaban J connectivity index is 2.93. The average molecular weight is 364 g/mol. The molecule has 1 aromatic carbocycles. The zero-order valence-corrected chi connectivity index (χ0v) is 15.2. The minimum absolute atomic E-state index is 0.107. The number of hydrogen-bond acceptors (Lipinski definition) is 7. The number of benzene rings is 1. The van der Waals surface area contributed by atoms with Crippen LogP contribution in [-0.4, -0.2) is 48.0 Å². The van der Waals surface area contributed by atoms with Gasteiger partial charge in [-0.05, 0) is 24.0 Å². The first-order valence-electron chi connectivity index (χ1n) is 8.08. The first-order valence-corrected chi connectivity index (χ1v) is 8.08. The standard InChI is InChI=1S/C18H24N2O6/c1-13(21)20-18(11-25-14(2)22,12-26-15(3)23)9-8-16-4-6-17(7-5-16)10-19-24/h4-7,10,24H,8-9,11-12H2,1-3H3,(H,20,21)/b19-10-. The third-order valence-electron chi connectivity index (χ3n) is 3.62. The minimum atomic E-state index is -1.02. The number of oxime groups is 1. The molecule has 0 saturated heterocycles. The van der Waals surface area contributed by atoms with E-state index in [0.717, 1.165) is 11.1 Å². The van der Waals surface area contributed by atoms with Crippen LogP contribution in [0.5, 0.6) is 0 Å². The number of hydrogen-bond donors (Lipinski definition) is 2. The van der Waals surface area contributed by atoms with E-state index in [1.807, 2.05) is 12.1 Å². The van der Waals surface area contributed by atoms with Crippen LogP contribution in [0.15, 0.2) is 29.4 Å². The molecule has 2 N–H and O–H groups in total. The molecule has 1 amide bonds. The number of carbonyl (C=O) groups excluding carboxylic acids is 3. The van der Waals surface area contributed by atoms with Gasteiger partial charge in [0, 0.05) is 20.8 Å². The highest BCUT2D eigenvalue weighted by Gasteiger charge is 2.34. The van der Waals surface area contributed by atoms with Crippen molar-refractivity contribution in [1.29, 1.82) is 0 Å². The highest BCUT2D eigenvalue weighted by atomic mass is 16.5. The van der Waals surface area contributed by atoms with Crippen molar-refractivity contribution >= 4 is 24.1 Å². The first-order chi connectivity index (χ1) is 12.3. The molecule has 1 aromatic rings. The highest BCUT2D eigenvalue weighted by Crippen LogP contribution is 2.18. The van der Waals surface area contributed by atoms with Crippen molar-refractivity contribution in [2.24, 2.45) is 5.16 Å². The van der Waals surface area contributed by atoms with Gasteiger partial charge in [0.25, 0.3) is 0 Å². The Hall–Kier alpha value is -2.90. The van der Waals surface area contributed by atoms with Gasteiger partial charge in [-0.15, -0.1) is 0 Å². The van der Waals surface area contributed by atoms with E-state index in [0.29, 0.717) is 12.8 Å². The average Bonchev–Trinajstić information content (AvgIpc) is 2.57. The van der Waals surface area contributed by atoms with Crippen molar-refractivity contribution in [2.75, 3.05) is 13.2 Å². The van der Waals surface area contributed by atoms with Gasteiger partial charge in [0.05, 0.1) is 6.21 Å². The quantitative estimate of drug-likeness (QED) is 0.296. The smallest absolute Gasteiger partial charge is 0.302 e. The predicted molar refractivity (Wildman–Crippen MR) is 94.0 cm³/mol. The zero-order valence-electron chi connectivity index (χ0n) is 15.2. The summed E-state index contributed by atoms with van der Waals surface area (Å²) in [7, 11) is 0. The van der Waals surface area contributed by atoms with Gasteiger partial charge in [-0.25, -0.2) is 0 Å². The summed E-state index contributed by atoms with van der Waals surface area (Å²) < 4.78 is 10.2. The Morgan fingerprint density at radius 3 is 2.04 bits per heavy atom. The summed E-state index contributed by atoms with van der Waals surface area (Å²) in [5.74, 6) is -1.30. The number of esters is 2. The zero-order chi connectivity index (χ0) is 19.6. The lowest BCUT2D eigenvalue weighted by molar-refractivity contribution is -0.150. The normalized spacial score (nSPS) is 11.2. The van der Waals surface area contributed by atoms with E-state index >= 15 is 0 Å². The van der Waals surface area contributed by atoms with Crippen LogP contribution < -0.4 is 5.32 Å². The number of aryl methyl sites for hydroxylation is 1. The van der Waals surface area contributed by atoms with E-state index in [9.17, 15) is 14.4 Å². The minimum Gasteiger partial charge on any atom is -0.463 e. The summed E-state index contributed by atoms with van der Waals surface area (Å²) in [5.41, 5.74) is 0.679. The molecule has 0 spiro atoms. The summed E-state index contributed by atoms with van der Waals surface area (Å²) in [6, 6.07) is 7.28. The maximum atomic E-state index is 11.6. The van der Waals surface area contributed by atoms with Crippen LogP contribution in [0.4, 0.5) is 0 Å². The van der Waals surface area contributed by atoms with Gasteiger partial charge in [-0.2, -0.15) is 0 Å². The topological polar surface area (TPSA) is 114 Å². The largest absolute Gasteiger partial charge is 0.463 e. The van der Waals surface area contributed by atoms with Crippen LogP contribution in [0.25, 0.3) is 0 Å². The van der Waals surface area contributed by atoms with Crippen LogP contribution in [0.3, 0.4) is 0 Å². The lowest BCUT2D eigenvalue weighted by Crippen LogP contribution is -2.55. The molecule has 0 saturated carbocycles. The van der Waals surface area contributed by atoms with Crippen LogP contribution in [0.1, 0.15) is 38.3 Å². The number of amides is 1. The molecule has 0 radical (unpaired) electrons. The molecule has 0 aliphatic carbocycles. The van der Waals surface area contributed by atoms with Crippen LogP contribution in [0.2, 0.25) is 0 Å². The maximum absolute atomic E-state index is 11.6. The fourth-order valence-electron chi connectivity index (χ4n) is 2.39. The van der Waals surface area contributed by atoms with E-state index in [1.165, 1.54) is 27.0 Å².